The van der Waals surface area contributed by atoms with Crippen molar-refractivity contribution in [3.63, 3.8) is 0 Å². The molecule has 1 fully saturated rings. The first-order chi connectivity index (χ1) is 12.1. The highest BCUT2D eigenvalue weighted by molar-refractivity contribution is 5.32. The predicted octanol–water partition coefficient (Wildman–Crippen LogP) is 2.32. The minimum absolute atomic E-state index is 0.138. The van der Waals surface area contributed by atoms with Gasteiger partial charge < -0.3 is 4.74 Å². The largest absolute Gasteiger partial charge is 0.481 e. The number of non-ortho nitro benzene ring substituents is 1. The van der Waals surface area contributed by atoms with E-state index in [0.29, 0.717) is 5.88 Å². The van der Waals surface area contributed by atoms with E-state index in [0.717, 1.165) is 50.5 Å². The van der Waals surface area contributed by atoms with Crippen LogP contribution in [-0.2, 0) is 13.1 Å². The van der Waals surface area contributed by atoms with E-state index in [1.54, 1.807) is 19.2 Å². The zero-order valence-electron chi connectivity index (χ0n) is 14.3. The number of aromatic nitrogens is 1. The molecule has 1 aliphatic rings. The second kappa shape index (κ2) is 8.04. The number of ether oxygens (including phenoxy) is 1. The molecule has 25 heavy (non-hydrogen) atoms. The third-order valence-electron chi connectivity index (χ3n) is 4.39. The van der Waals surface area contributed by atoms with Gasteiger partial charge in [-0.05, 0) is 11.6 Å². The van der Waals surface area contributed by atoms with Crippen molar-refractivity contribution in [2.24, 2.45) is 0 Å². The van der Waals surface area contributed by atoms with Crippen molar-refractivity contribution in [1.82, 2.24) is 14.8 Å². The summed E-state index contributed by atoms with van der Waals surface area (Å²) in [7, 11) is 1.63. The number of hydrogen-bond acceptors (Lipinski definition) is 6. The molecular weight excluding hydrogens is 320 g/mol. The van der Waals surface area contributed by atoms with Gasteiger partial charge in [0.15, 0.2) is 0 Å². The van der Waals surface area contributed by atoms with E-state index in [4.69, 9.17) is 4.74 Å². The molecule has 0 atom stereocenters. The Morgan fingerprint density at radius 2 is 1.68 bits per heavy atom. The summed E-state index contributed by atoms with van der Waals surface area (Å²) in [6.07, 6.45) is 0. The van der Waals surface area contributed by atoms with E-state index in [1.165, 1.54) is 0 Å². The van der Waals surface area contributed by atoms with Crippen LogP contribution in [0.1, 0.15) is 11.3 Å². The maximum absolute atomic E-state index is 10.7. The Morgan fingerprint density at radius 1 is 1.04 bits per heavy atom. The van der Waals surface area contributed by atoms with Crippen molar-refractivity contribution in [2.45, 2.75) is 13.1 Å². The Bertz CT molecular complexity index is 713. The van der Waals surface area contributed by atoms with E-state index in [1.807, 2.05) is 30.3 Å². The number of pyridine rings is 1. The van der Waals surface area contributed by atoms with Crippen LogP contribution in [0.25, 0.3) is 0 Å². The fourth-order valence-electron chi connectivity index (χ4n) is 2.98. The van der Waals surface area contributed by atoms with Crippen LogP contribution >= 0.6 is 0 Å². The van der Waals surface area contributed by atoms with Crippen LogP contribution in [0.5, 0.6) is 5.88 Å². The molecule has 3 rings (SSSR count). The Labute approximate surface area is 147 Å². The third kappa shape index (κ3) is 4.74. The van der Waals surface area contributed by atoms with Crippen LogP contribution in [0.2, 0.25) is 0 Å². The molecule has 2 aromatic rings. The topological polar surface area (TPSA) is 71.7 Å². The lowest BCUT2D eigenvalue weighted by molar-refractivity contribution is -0.384. The van der Waals surface area contributed by atoms with Crippen molar-refractivity contribution < 1.29 is 9.66 Å². The lowest BCUT2D eigenvalue weighted by atomic mass is 10.2. The quantitative estimate of drug-likeness (QED) is 0.593. The highest BCUT2D eigenvalue weighted by Gasteiger charge is 2.18. The first-order valence-electron chi connectivity index (χ1n) is 8.32. The number of nitro groups is 1. The minimum Gasteiger partial charge on any atom is -0.481 e. The SMILES string of the molecule is COc1cccc(CN2CCN(Cc3ccc([N+](=O)[O-])cc3)CC2)n1. The van der Waals surface area contributed by atoms with Crippen molar-refractivity contribution in [1.29, 1.82) is 0 Å². The zero-order valence-corrected chi connectivity index (χ0v) is 14.3. The van der Waals surface area contributed by atoms with Gasteiger partial charge in [0, 0.05) is 57.5 Å². The summed E-state index contributed by atoms with van der Waals surface area (Å²) in [5.41, 5.74) is 2.26. The smallest absolute Gasteiger partial charge is 0.269 e. The second-order valence-electron chi connectivity index (χ2n) is 6.15. The molecule has 0 unspecified atom stereocenters. The van der Waals surface area contributed by atoms with Crippen LogP contribution in [0.3, 0.4) is 0 Å². The zero-order chi connectivity index (χ0) is 17.6. The van der Waals surface area contributed by atoms with E-state index >= 15 is 0 Å². The normalized spacial score (nSPS) is 15.9. The van der Waals surface area contributed by atoms with E-state index in [9.17, 15) is 10.1 Å². The Hall–Kier alpha value is -2.51. The molecule has 2 heterocycles. The summed E-state index contributed by atoms with van der Waals surface area (Å²) in [4.78, 5) is 19.6. The summed E-state index contributed by atoms with van der Waals surface area (Å²) < 4.78 is 5.17. The average Bonchev–Trinajstić information content (AvgIpc) is 2.64. The van der Waals surface area contributed by atoms with Gasteiger partial charge in [-0.15, -0.1) is 0 Å². The van der Waals surface area contributed by atoms with Crippen molar-refractivity contribution in [2.75, 3.05) is 33.3 Å². The standard InChI is InChI=1S/C18H22N4O3/c1-25-18-4-2-3-16(19-18)14-21-11-9-20(10-12-21)13-15-5-7-17(8-6-15)22(23)24/h2-8H,9-14H2,1H3. The molecule has 1 aromatic carbocycles. The van der Waals surface area contributed by atoms with E-state index in [2.05, 4.69) is 14.8 Å². The summed E-state index contributed by atoms with van der Waals surface area (Å²) in [5, 5.41) is 10.7. The molecule has 0 N–H and O–H groups in total. The molecule has 0 bridgehead atoms. The van der Waals surface area contributed by atoms with Crippen LogP contribution in [0.15, 0.2) is 42.5 Å². The molecule has 1 aromatic heterocycles. The lowest BCUT2D eigenvalue weighted by Crippen LogP contribution is -2.45. The molecule has 1 aliphatic heterocycles. The minimum atomic E-state index is -0.366. The molecule has 0 spiro atoms. The molecule has 0 radical (unpaired) electrons. The molecular formula is C18H22N4O3. The Balaban J connectivity index is 1.49. The molecule has 7 heteroatoms. The van der Waals surface area contributed by atoms with Gasteiger partial charge in [0.2, 0.25) is 5.88 Å². The van der Waals surface area contributed by atoms with E-state index in [-0.39, 0.29) is 10.6 Å². The summed E-state index contributed by atoms with van der Waals surface area (Å²) in [6, 6.07) is 12.7. The summed E-state index contributed by atoms with van der Waals surface area (Å²) >= 11 is 0. The highest BCUT2D eigenvalue weighted by atomic mass is 16.6. The average molecular weight is 342 g/mol. The van der Waals surface area contributed by atoms with Gasteiger partial charge in [-0.1, -0.05) is 18.2 Å². The lowest BCUT2D eigenvalue weighted by Gasteiger charge is -2.34. The van der Waals surface area contributed by atoms with Gasteiger partial charge in [-0.3, -0.25) is 19.9 Å². The number of benzene rings is 1. The van der Waals surface area contributed by atoms with Gasteiger partial charge >= 0.3 is 0 Å². The summed E-state index contributed by atoms with van der Waals surface area (Å²) in [5.74, 6) is 0.648. The molecule has 0 aliphatic carbocycles. The van der Waals surface area contributed by atoms with Gasteiger partial charge in [-0.25, -0.2) is 4.98 Å². The number of rotatable bonds is 6. The number of methoxy groups -OCH3 is 1. The molecule has 132 valence electrons. The molecule has 7 nitrogen and oxygen atoms in total. The van der Waals surface area contributed by atoms with Crippen LogP contribution in [0, 0.1) is 10.1 Å². The first-order valence-corrected chi connectivity index (χ1v) is 8.32. The predicted molar refractivity (Wildman–Crippen MR) is 94.4 cm³/mol. The Kier molecular flexibility index (Phi) is 5.57. The fourth-order valence-corrected chi connectivity index (χ4v) is 2.98. The summed E-state index contributed by atoms with van der Waals surface area (Å²) in [6.45, 7) is 5.55. The number of piperazine rings is 1. The van der Waals surface area contributed by atoms with Crippen molar-refractivity contribution in [3.8, 4) is 5.88 Å². The van der Waals surface area contributed by atoms with E-state index < -0.39 is 0 Å². The van der Waals surface area contributed by atoms with Crippen molar-refractivity contribution >= 4 is 5.69 Å². The number of nitrogens with zero attached hydrogens (tertiary/aromatic N) is 4. The first kappa shape index (κ1) is 17.3. The van der Waals surface area contributed by atoms with Crippen LogP contribution in [-0.4, -0.2) is 53.0 Å². The third-order valence-corrected chi connectivity index (χ3v) is 4.39. The van der Waals surface area contributed by atoms with Gasteiger partial charge in [0.05, 0.1) is 17.7 Å². The number of hydrogen-bond donors (Lipinski definition) is 0. The highest BCUT2D eigenvalue weighted by Crippen LogP contribution is 2.15. The van der Waals surface area contributed by atoms with Crippen LogP contribution < -0.4 is 4.74 Å². The monoisotopic (exact) mass is 342 g/mol. The molecule has 0 saturated carbocycles. The fraction of sp³-hybridized carbons (Fsp3) is 0.389. The second-order valence-corrected chi connectivity index (χ2v) is 6.15. The number of nitro benzene ring substituents is 1. The van der Waals surface area contributed by atoms with Gasteiger partial charge in [-0.2, -0.15) is 0 Å². The maximum atomic E-state index is 10.7. The maximum Gasteiger partial charge on any atom is 0.269 e. The molecule has 1 saturated heterocycles. The Morgan fingerprint density at radius 3 is 2.28 bits per heavy atom. The van der Waals surface area contributed by atoms with Crippen LogP contribution in [0.4, 0.5) is 5.69 Å². The van der Waals surface area contributed by atoms with Gasteiger partial charge in [0.1, 0.15) is 0 Å². The van der Waals surface area contributed by atoms with Crippen molar-refractivity contribution in [3.05, 3.63) is 63.8 Å². The van der Waals surface area contributed by atoms with Gasteiger partial charge in [0.25, 0.3) is 5.69 Å². The molecule has 0 amide bonds.